The number of ether oxygens (including phenoxy) is 1. The normalized spacial score (nSPS) is 31.5. The zero-order valence-corrected chi connectivity index (χ0v) is 8.36. The number of amides is 1. The van der Waals surface area contributed by atoms with Crippen molar-refractivity contribution < 1.29 is 14.3 Å². The molecule has 1 amide bonds. The maximum atomic E-state index is 11.8. The Balaban J connectivity index is 2.02. The van der Waals surface area contributed by atoms with E-state index in [1.54, 1.807) is 0 Å². The van der Waals surface area contributed by atoms with Crippen LogP contribution in [-0.4, -0.2) is 35.5 Å². The smallest absolute Gasteiger partial charge is 0.303 e. The first kappa shape index (κ1) is 9.49. The number of esters is 1. The molecular formula is C10H15NO3. The van der Waals surface area contributed by atoms with E-state index >= 15 is 0 Å². The molecule has 4 nitrogen and oxygen atoms in total. The number of carbonyl (C=O) groups excluding carboxylic acids is 2. The van der Waals surface area contributed by atoms with Crippen molar-refractivity contribution in [3.8, 4) is 0 Å². The van der Waals surface area contributed by atoms with E-state index in [0.29, 0.717) is 12.5 Å². The highest BCUT2D eigenvalue weighted by Gasteiger charge is 2.39. The van der Waals surface area contributed by atoms with E-state index in [9.17, 15) is 9.59 Å². The summed E-state index contributed by atoms with van der Waals surface area (Å²) in [5, 5.41) is 0. The van der Waals surface area contributed by atoms with E-state index in [1.165, 1.54) is 6.92 Å². The van der Waals surface area contributed by atoms with E-state index < -0.39 is 6.10 Å². The number of piperidine rings is 1. The van der Waals surface area contributed by atoms with Crippen LogP contribution in [0.1, 0.15) is 32.6 Å². The Morgan fingerprint density at radius 3 is 2.93 bits per heavy atom. The van der Waals surface area contributed by atoms with Crippen LogP contribution in [0.2, 0.25) is 0 Å². The highest BCUT2D eigenvalue weighted by molar-refractivity contribution is 5.84. The Kier molecular flexibility index (Phi) is 2.44. The monoisotopic (exact) mass is 197 g/mol. The van der Waals surface area contributed by atoms with E-state index in [-0.39, 0.29) is 11.9 Å². The third kappa shape index (κ3) is 1.61. The summed E-state index contributed by atoms with van der Waals surface area (Å²) in [7, 11) is 0. The number of hydrogen-bond donors (Lipinski definition) is 0. The average Bonchev–Trinajstić information content (AvgIpc) is 2.57. The van der Waals surface area contributed by atoms with Crippen molar-refractivity contribution in [1.29, 1.82) is 0 Å². The molecular weight excluding hydrogens is 182 g/mol. The maximum absolute atomic E-state index is 11.8. The molecule has 0 aromatic rings. The second-order valence-electron chi connectivity index (χ2n) is 4.00. The highest BCUT2D eigenvalue weighted by Crippen LogP contribution is 2.28. The maximum Gasteiger partial charge on any atom is 0.303 e. The molecule has 4 heteroatoms. The number of carbonyl (C=O) groups is 2. The second kappa shape index (κ2) is 3.59. The molecule has 2 atom stereocenters. The zero-order chi connectivity index (χ0) is 10.1. The van der Waals surface area contributed by atoms with Gasteiger partial charge in [0.2, 0.25) is 0 Å². The summed E-state index contributed by atoms with van der Waals surface area (Å²) in [6.07, 6.45) is 3.35. The number of fused-ring (bicyclic) bond motifs is 1. The molecule has 0 aliphatic carbocycles. The fourth-order valence-corrected chi connectivity index (χ4v) is 2.39. The Bertz CT molecular complexity index is 264. The molecule has 0 saturated carbocycles. The lowest BCUT2D eigenvalue weighted by Gasteiger charge is -2.33. The number of hydrogen-bond acceptors (Lipinski definition) is 3. The van der Waals surface area contributed by atoms with Crippen LogP contribution in [0.25, 0.3) is 0 Å². The minimum atomic E-state index is -0.512. The molecule has 2 aliphatic rings. The number of rotatable bonds is 1. The molecule has 2 aliphatic heterocycles. The Morgan fingerprint density at radius 2 is 2.21 bits per heavy atom. The molecule has 2 saturated heterocycles. The molecule has 0 N–H and O–H groups in total. The van der Waals surface area contributed by atoms with Crippen molar-refractivity contribution in [3.63, 3.8) is 0 Å². The van der Waals surface area contributed by atoms with Crippen LogP contribution in [0.15, 0.2) is 0 Å². The quantitative estimate of drug-likeness (QED) is 0.581. The van der Waals surface area contributed by atoms with Crippen molar-refractivity contribution in [2.45, 2.75) is 44.8 Å². The fourth-order valence-electron chi connectivity index (χ4n) is 2.39. The van der Waals surface area contributed by atoms with Gasteiger partial charge in [-0.05, 0) is 25.7 Å². The minimum Gasteiger partial charge on any atom is -0.452 e. The fraction of sp³-hybridized carbons (Fsp3) is 0.800. The SMILES string of the molecule is CC(=O)OC1CCC2CCCN2C1=O. The third-order valence-corrected chi connectivity index (χ3v) is 3.01. The lowest BCUT2D eigenvalue weighted by molar-refractivity contribution is -0.162. The summed E-state index contributed by atoms with van der Waals surface area (Å²) < 4.78 is 4.98. The van der Waals surface area contributed by atoms with E-state index in [2.05, 4.69) is 0 Å². The predicted molar refractivity (Wildman–Crippen MR) is 49.5 cm³/mol. The van der Waals surface area contributed by atoms with Crippen LogP contribution in [0, 0.1) is 0 Å². The molecule has 2 rings (SSSR count). The second-order valence-corrected chi connectivity index (χ2v) is 4.00. The molecule has 0 bridgehead atoms. The van der Waals surface area contributed by atoms with Gasteiger partial charge in [-0.25, -0.2) is 0 Å². The predicted octanol–water partition coefficient (Wildman–Crippen LogP) is 0.703. The van der Waals surface area contributed by atoms with Crippen LogP contribution in [-0.2, 0) is 14.3 Å². The van der Waals surface area contributed by atoms with E-state index in [0.717, 1.165) is 25.8 Å². The van der Waals surface area contributed by atoms with Crippen molar-refractivity contribution >= 4 is 11.9 Å². The topological polar surface area (TPSA) is 46.6 Å². The lowest BCUT2D eigenvalue weighted by Crippen LogP contribution is -2.48. The molecule has 2 heterocycles. The van der Waals surface area contributed by atoms with Gasteiger partial charge in [0, 0.05) is 19.5 Å². The van der Waals surface area contributed by atoms with Crippen molar-refractivity contribution in [3.05, 3.63) is 0 Å². The van der Waals surface area contributed by atoms with Gasteiger partial charge in [0.1, 0.15) is 0 Å². The zero-order valence-electron chi connectivity index (χ0n) is 8.36. The van der Waals surface area contributed by atoms with Crippen molar-refractivity contribution in [2.75, 3.05) is 6.54 Å². The van der Waals surface area contributed by atoms with Crippen LogP contribution in [0.3, 0.4) is 0 Å². The van der Waals surface area contributed by atoms with Crippen molar-refractivity contribution in [2.24, 2.45) is 0 Å². The molecule has 0 radical (unpaired) electrons. The summed E-state index contributed by atoms with van der Waals surface area (Å²) in [6, 6.07) is 0.411. The van der Waals surface area contributed by atoms with Gasteiger partial charge >= 0.3 is 5.97 Å². The first-order valence-electron chi connectivity index (χ1n) is 5.16. The van der Waals surface area contributed by atoms with Crippen molar-refractivity contribution in [1.82, 2.24) is 4.90 Å². The average molecular weight is 197 g/mol. The first-order valence-corrected chi connectivity index (χ1v) is 5.16. The summed E-state index contributed by atoms with van der Waals surface area (Å²) >= 11 is 0. The molecule has 0 aromatic carbocycles. The first-order chi connectivity index (χ1) is 6.68. The summed E-state index contributed by atoms with van der Waals surface area (Å²) in [6.45, 7) is 2.19. The Labute approximate surface area is 83.2 Å². The van der Waals surface area contributed by atoms with Crippen LogP contribution in [0.4, 0.5) is 0 Å². The van der Waals surface area contributed by atoms with Crippen LogP contribution in [0.5, 0.6) is 0 Å². The largest absolute Gasteiger partial charge is 0.452 e. The minimum absolute atomic E-state index is 0.00829. The van der Waals surface area contributed by atoms with Gasteiger partial charge in [-0.1, -0.05) is 0 Å². The molecule has 2 unspecified atom stereocenters. The van der Waals surface area contributed by atoms with Crippen LogP contribution >= 0.6 is 0 Å². The summed E-state index contributed by atoms with van der Waals surface area (Å²) in [4.78, 5) is 24.4. The van der Waals surface area contributed by atoms with Gasteiger partial charge in [-0.2, -0.15) is 0 Å². The molecule has 2 fully saturated rings. The molecule has 0 aromatic heterocycles. The summed E-state index contributed by atoms with van der Waals surface area (Å²) in [5.74, 6) is -0.352. The Hall–Kier alpha value is -1.06. The molecule has 14 heavy (non-hydrogen) atoms. The van der Waals surface area contributed by atoms with Gasteiger partial charge in [0.25, 0.3) is 5.91 Å². The van der Waals surface area contributed by atoms with Gasteiger partial charge in [-0.3, -0.25) is 9.59 Å². The van der Waals surface area contributed by atoms with Gasteiger partial charge in [0.15, 0.2) is 6.10 Å². The van der Waals surface area contributed by atoms with E-state index in [1.807, 2.05) is 4.90 Å². The van der Waals surface area contributed by atoms with Crippen LogP contribution < -0.4 is 0 Å². The number of nitrogens with zero attached hydrogens (tertiary/aromatic N) is 1. The lowest BCUT2D eigenvalue weighted by atomic mass is 10.00. The third-order valence-electron chi connectivity index (χ3n) is 3.01. The standard InChI is InChI=1S/C10H15NO3/c1-7(12)14-9-5-4-8-3-2-6-11(8)10(9)13/h8-9H,2-6H2,1H3. The molecule has 0 spiro atoms. The highest BCUT2D eigenvalue weighted by atomic mass is 16.5. The van der Waals surface area contributed by atoms with Gasteiger partial charge in [0.05, 0.1) is 0 Å². The van der Waals surface area contributed by atoms with Gasteiger partial charge < -0.3 is 9.64 Å². The molecule has 78 valence electrons. The summed E-state index contributed by atoms with van der Waals surface area (Å²) in [5.41, 5.74) is 0. The van der Waals surface area contributed by atoms with Gasteiger partial charge in [-0.15, -0.1) is 0 Å². The Morgan fingerprint density at radius 1 is 1.43 bits per heavy atom. The van der Waals surface area contributed by atoms with E-state index in [4.69, 9.17) is 4.74 Å².